The molecular formula is C24H23NO6. The van der Waals surface area contributed by atoms with Crippen LogP contribution in [0.2, 0.25) is 0 Å². The lowest BCUT2D eigenvalue weighted by atomic mass is 9.79. The quantitative estimate of drug-likeness (QED) is 0.762. The summed E-state index contributed by atoms with van der Waals surface area (Å²) in [5.74, 6) is -3.58. The molecule has 2 bridgehead atoms. The zero-order valence-corrected chi connectivity index (χ0v) is 17.1. The number of carboxylic acid groups (broad SMARTS) is 1. The van der Waals surface area contributed by atoms with Crippen molar-refractivity contribution in [1.29, 1.82) is 0 Å². The van der Waals surface area contributed by atoms with E-state index in [2.05, 4.69) is 12.1 Å². The molecule has 2 aromatic rings. The van der Waals surface area contributed by atoms with E-state index in [0.717, 1.165) is 22.3 Å². The Hall–Kier alpha value is -3.35. The number of hydrogen-bond acceptors (Lipinski definition) is 5. The number of carboxylic acids is 1. The topological polar surface area (TPSA) is 93.1 Å². The number of methoxy groups -OCH3 is 1. The Bertz CT molecular complexity index is 1020. The molecule has 4 atom stereocenters. The molecule has 5 rings (SSSR count). The predicted octanol–water partition coefficient (Wildman–Crippen LogP) is 3.27. The van der Waals surface area contributed by atoms with Crippen LogP contribution in [0.3, 0.4) is 0 Å². The standard InChI is InChI=1S/C24H23NO6/c1-30-23(28)21-19-11-10-18(20(21)22(26)27)25(19)24(29)31-12-17-15-8-4-2-6-13(15)14-7-3-5-9-16(14)17/h2-9,17-21H,10-12H2,1H3,(H,26,27). The molecular weight excluding hydrogens is 398 g/mol. The van der Waals surface area contributed by atoms with E-state index in [9.17, 15) is 19.5 Å². The van der Waals surface area contributed by atoms with E-state index < -0.39 is 42.0 Å². The molecule has 0 saturated carbocycles. The molecule has 0 radical (unpaired) electrons. The number of esters is 1. The summed E-state index contributed by atoms with van der Waals surface area (Å²) in [6, 6.07) is 15.1. The normalized spacial score (nSPS) is 25.8. The Balaban J connectivity index is 1.37. The number of hydrogen-bond donors (Lipinski definition) is 1. The number of carbonyl (C=O) groups excluding carboxylic acids is 2. The van der Waals surface area contributed by atoms with Crippen molar-refractivity contribution in [3.63, 3.8) is 0 Å². The Labute approximate surface area is 179 Å². The molecule has 2 heterocycles. The third-order valence-electron chi connectivity index (χ3n) is 6.99. The maximum Gasteiger partial charge on any atom is 0.410 e. The van der Waals surface area contributed by atoms with Crippen molar-refractivity contribution in [3.05, 3.63) is 59.7 Å². The second kappa shape index (κ2) is 7.41. The number of fused-ring (bicyclic) bond motifs is 5. The smallest absolute Gasteiger partial charge is 0.410 e. The van der Waals surface area contributed by atoms with Gasteiger partial charge in [-0.05, 0) is 35.1 Å². The highest BCUT2D eigenvalue weighted by molar-refractivity contribution is 5.86. The SMILES string of the molecule is COC(=O)C1C(C(=O)O)C2CCC1N2C(=O)OCC1c2ccccc2-c2ccccc21. The first kappa shape index (κ1) is 19.6. The molecule has 2 fully saturated rings. The number of aliphatic carboxylic acids is 1. The summed E-state index contributed by atoms with van der Waals surface area (Å²) in [4.78, 5) is 38.6. The second-order valence-electron chi connectivity index (χ2n) is 8.34. The minimum atomic E-state index is -1.08. The fraction of sp³-hybridized carbons (Fsp3) is 0.375. The van der Waals surface area contributed by atoms with Gasteiger partial charge in [0.15, 0.2) is 0 Å². The van der Waals surface area contributed by atoms with E-state index in [1.807, 2.05) is 36.4 Å². The third-order valence-corrected chi connectivity index (χ3v) is 6.99. The Morgan fingerprint density at radius 2 is 1.48 bits per heavy atom. The summed E-state index contributed by atoms with van der Waals surface area (Å²) in [6.07, 6.45) is 0.546. The van der Waals surface area contributed by atoms with Crippen molar-refractivity contribution in [1.82, 2.24) is 4.90 Å². The Morgan fingerprint density at radius 3 is 2.03 bits per heavy atom. The average molecular weight is 421 g/mol. The maximum atomic E-state index is 13.1. The second-order valence-corrected chi connectivity index (χ2v) is 8.34. The van der Waals surface area contributed by atoms with Gasteiger partial charge in [0, 0.05) is 18.0 Å². The van der Waals surface area contributed by atoms with Gasteiger partial charge in [-0.15, -0.1) is 0 Å². The van der Waals surface area contributed by atoms with Gasteiger partial charge in [0.25, 0.3) is 0 Å². The molecule has 2 aromatic carbocycles. The minimum Gasteiger partial charge on any atom is -0.481 e. The van der Waals surface area contributed by atoms with Gasteiger partial charge in [-0.25, -0.2) is 4.79 Å². The first-order valence-corrected chi connectivity index (χ1v) is 10.5. The highest BCUT2D eigenvalue weighted by atomic mass is 16.6. The molecule has 31 heavy (non-hydrogen) atoms. The predicted molar refractivity (Wildman–Crippen MR) is 110 cm³/mol. The summed E-state index contributed by atoms with van der Waals surface area (Å²) in [5, 5.41) is 9.68. The highest BCUT2D eigenvalue weighted by Crippen LogP contribution is 2.48. The first-order chi connectivity index (χ1) is 15.0. The van der Waals surface area contributed by atoms with E-state index in [0.29, 0.717) is 12.8 Å². The fourth-order valence-corrected chi connectivity index (χ4v) is 5.75. The largest absolute Gasteiger partial charge is 0.481 e. The Kier molecular flexibility index (Phi) is 4.68. The molecule has 0 spiro atoms. The van der Waals surface area contributed by atoms with Crippen LogP contribution in [-0.2, 0) is 19.1 Å². The summed E-state index contributed by atoms with van der Waals surface area (Å²) < 4.78 is 10.6. The van der Waals surface area contributed by atoms with Crippen LogP contribution < -0.4 is 0 Å². The lowest BCUT2D eigenvalue weighted by Gasteiger charge is -2.24. The van der Waals surface area contributed by atoms with Gasteiger partial charge in [0.2, 0.25) is 0 Å². The molecule has 4 unspecified atom stereocenters. The van der Waals surface area contributed by atoms with Crippen molar-refractivity contribution in [3.8, 4) is 11.1 Å². The summed E-state index contributed by atoms with van der Waals surface area (Å²) in [6.45, 7) is 0.156. The van der Waals surface area contributed by atoms with Crippen LogP contribution in [0.4, 0.5) is 4.79 Å². The molecule has 1 aliphatic carbocycles. The lowest BCUT2D eigenvalue weighted by Crippen LogP contribution is -2.39. The van der Waals surface area contributed by atoms with E-state index in [4.69, 9.17) is 9.47 Å². The minimum absolute atomic E-state index is 0.0803. The van der Waals surface area contributed by atoms with Crippen LogP contribution in [0.5, 0.6) is 0 Å². The molecule has 2 saturated heterocycles. The van der Waals surface area contributed by atoms with Crippen molar-refractivity contribution < 1.29 is 29.0 Å². The lowest BCUT2D eigenvalue weighted by molar-refractivity contribution is -0.156. The highest BCUT2D eigenvalue weighted by Gasteiger charge is 2.61. The monoisotopic (exact) mass is 421 g/mol. The van der Waals surface area contributed by atoms with Gasteiger partial charge < -0.3 is 19.5 Å². The summed E-state index contributed by atoms with van der Waals surface area (Å²) in [7, 11) is 1.24. The average Bonchev–Trinajstić information content (AvgIpc) is 3.45. The van der Waals surface area contributed by atoms with E-state index >= 15 is 0 Å². The van der Waals surface area contributed by atoms with Crippen LogP contribution >= 0.6 is 0 Å². The van der Waals surface area contributed by atoms with E-state index in [1.54, 1.807) is 0 Å². The number of carbonyl (C=O) groups is 3. The zero-order valence-electron chi connectivity index (χ0n) is 17.1. The summed E-state index contributed by atoms with van der Waals surface area (Å²) >= 11 is 0. The van der Waals surface area contributed by atoms with Crippen molar-refractivity contribution in [2.75, 3.05) is 13.7 Å². The van der Waals surface area contributed by atoms with Gasteiger partial charge in [-0.1, -0.05) is 48.5 Å². The number of benzene rings is 2. The van der Waals surface area contributed by atoms with Crippen LogP contribution in [0.1, 0.15) is 29.9 Å². The van der Waals surface area contributed by atoms with E-state index in [-0.39, 0.29) is 12.5 Å². The zero-order chi connectivity index (χ0) is 21.7. The molecule has 1 amide bonds. The molecule has 2 aliphatic heterocycles. The van der Waals surface area contributed by atoms with Crippen LogP contribution in [0, 0.1) is 11.8 Å². The van der Waals surface area contributed by atoms with Crippen molar-refractivity contribution >= 4 is 18.0 Å². The molecule has 1 N–H and O–H groups in total. The molecule has 7 nitrogen and oxygen atoms in total. The van der Waals surface area contributed by atoms with Crippen LogP contribution in [0.15, 0.2) is 48.5 Å². The third kappa shape index (κ3) is 2.91. The Morgan fingerprint density at radius 1 is 0.935 bits per heavy atom. The first-order valence-electron chi connectivity index (χ1n) is 10.5. The summed E-state index contributed by atoms with van der Waals surface area (Å²) in [5.41, 5.74) is 4.49. The molecule has 3 aliphatic rings. The van der Waals surface area contributed by atoms with Crippen molar-refractivity contribution in [2.24, 2.45) is 11.8 Å². The number of amides is 1. The van der Waals surface area contributed by atoms with Crippen LogP contribution in [0.25, 0.3) is 11.1 Å². The van der Waals surface area contributed by atoms with Gasteiger partial charge in [0.05, 0.1) is 18.9 Å². The fourth-order valence-electron chi connectivity index (χ4n) is 5.75. The van der Waals surface area contributed by atoms with Gasteiger partial charge in [-0.2, -0.15) is 0 Å². The molecule has 0 aromatic heterocycles. The molecule has 7 heteroatoms. The molecule has 160 valence electrons. The number of rotatable bonds is 4. The van der Waals surface area contributed by atoms with E-state index in [1.165, 1.54) is 12.0 Å². The maximum absolute atomic E-state index is 13.1. The van der Waals surface area contributed by atoms with Gasteiger partial charge in [-0.3, -0.25) is 9.59 Å². The number of nitrogens with zero attached hydrogens (tertiary/aromatic N) is 1. The van der Waals surface area contributed by atoms with Crippen LogP contribution in [-0.4, -0.2) is 53.8 Å². The van der Waals surface area contributed by atoms with Crippen molar-refractivity contribution in [2.45, 2.75) is 30.8 Å². The number of ether oxygens (including phenoxy) is 2. The van der Waals surface area contributed by atoms with Gasteiger partial charge in [0.1, 0.15) is 6.61 Å². The van der Waals surface area contributed by atoms with Gasteiger partial charge >= 0.3 is 18.0 Å².